The van der Waals surface area contributed by atoms with Gasteiger partial charge >= 0.3 is 5.97 Å². The number of methoxy groups -OCH3 is 1. The lowest BCUT2D eigenvalue weighted by Gasteiger charge is -2.01. The molecule has 0 spiro atoms. The number of esters is 1. The summed E-state index contributed by atoms with van der Waals surface area (Å²) in [6.07, 6.45) is 0.141. The first-order chi connectivity index (χ1) is 6.19. The molecule has 0 saturated heterocycles. The Kier molecular flexibility index (Phi) is 2.84. The van der Waals surface area contributed by atoms with Crippen molar-refractivity contribution in [3.8, 4) is 0 Å². The fourth-order valence-electron chi connectivity index (χ4n) is 0.934. The van der Waals surface area contributed by atoms with Crippen LogP contribution in [0.1, 0.15) is 5.82 Å². The smallest absolute Gasteiger partial charge is 0.313 e. The van der Waals surface area contributed by atoms with Crippen LogP contribution < -0.4 is 5.32 Å². The van der Waals surface area contributed by atoms with Gasteiger partial charge in [0.1, 0.15) is 12.2 Å². The van der Waals surface area contributed by atoms with Gasteiger partial charge in [0.05, 0.1) is 7.11 Å². The number of hydrogen-bond acceptors (Lipinski definition) is 5. The van der Waals surface area contributed by atoms with Crippen molar-refractivity contribution < 1.29 is 9.53 Å². The molecule has 0 radical (unpaired) electrons. The van der Waals surface area contributed by atoms with Crippen LogP contribution in [0.5, 0.6) is 0 Å². The third-order valence-corrected chi connectivity index (χ3v) is 1.72. The summed E-state index contributed by atoms with van der Waals surface area (Å²) in [6, 6.07) is 0. The monoisotopic (exact) mass is 184 g/mol. The molecule has 0 atom stereocenters. The van der Waals surface area contributed by atoms with Gasteiger partial charge in [-0.15, -0.1) is 10.2 Å². The first-order valence-electron chi connectivity index (χ1n) is 3.82. The number of nitrogens with one attached hydrogen (secondary N) is 1. The van der Waals surface area contributed by atoms with E-state index in [1.54, 1.807) is 18.7 Å². The largest absolute Gasteiger partial charge is 0.469 e. The van der Waals surface area contributed by atoms with Crippen molar-refractivity contribution in [3.05, 3.63) is 5.82 Å². The van der Waals surface area contributed by atoms with Gasteiger partial charge in [0.15, 0.2) is 0 Å². The zero-order chi connectivity index (χ0) is 9.84. The second-order valence-electron chi connectivity index (χ2n) is 2.50. The van der Waals surface area contributed by atoms with Crippen LogP contribution in [-0.2, 0) is 23.0 Å². The van der Waals surface area contributed by atoms with Crippen molar-refractivity contribution in [3.63, 3.8) is 0 Å². The van der Waals surface area contributed by atoms with E-state index in [9.17, 15) is 4.79 Å². The van der Waals surface area contributed by atoms with Crippen LogP contribution in [-0.4, -0.2) is 34.9 Å². The maximum Gasteiger partial charge on any atom is 0.313 e. The molecular formula is C7H12N4O2. The van der Waals surface area contributed by atoms with E-state index in [2.05, 4.69) is 20.3 Å². The van der Waals surface area contributed by atoms with Crippen LogP contribution in [0.15, 0.2) is 0 Å². The van der Waals surface area contributed by atoms with E-state index in [1.165, 1.54) is 7.11 Å². The number of nitrogens with zero attached hydrogens (tertiary/aromatic N) is 3. The van der Waals surface area contributed by atoms with Gasteiger partial charge in [-0.3, -0.25) is 4.79 Å². The number of carbonyl (C=O) groups excluding carboxylic acids is 1. The van der Waals surface area contributed by atoms with Crippen molar-refractivity contribution in [2.24, 2.45) is 7.05 Å². The summed E-state index contributed by atoms with van der Waals surface area (Å²) in [5.41, 5.74) is 0. The van der Waals surface area contributed by atoms with E-state index >= 15 is 0 Å². The van der Waals surface area contributed by atoms with Crippen molar-refractivity contribution in [1.82, 2.24) is 14.8 Å². The molecule has 1 rings (SSSR count). The van der Waals surface area contributed by atoms with Gasteiger partial charge in [-0.1, -0.05) is 0 Å². The number of aromatic nitrogens is 3. The topological polar surface area (TPSA) is 69.0 Å². The Balaban J connectivity index is 2.78. The van der Waals surface area contributed by atoms with Crippen molar-refractivity contribution in [2.75, 3.05) is 19.5 Å². The van der Waals surface area contributed by atoms with Crippen LogP contribution in [0.3, 0.4) is 0 Å². The minimum Gasteiger partial charge on any atom is -0.469 e. The first kappa shape index (κ1) is 9.50. The zero-order valence-corrected chi connectivity index (χ0v) is 7.87. The molecule has 1 aromatic rings. The maximum atomic E-state index is 10.9. The molecule has 0 fully saturated rings. The standard InChI is InChI=1S/C7H12N4O2/c1-8-7-10-9-5(11(7)2)4-6(12)13-3/h4H2,1-3H3,(H,8,10). The summed E-state index contributed by atoms with van der Waals surface area (Å²) in [7, 11) is 4.87. The minimum atomic E-state index is -0.321. The number of anilines is 1. The van der Waals surface area contributed by atoms with Crippen LogP contribution in [0.2, 0.25) is 0 Å². The lowest BCUT2D eigenvalue weighted by molar-refractivity contribution is -0.139. The van der Waals surface area contributed by atoms with E-state index in [0.29, 0.717) is 11.8 Å². The first-order valence-corrected chi connectivity index (χ1v) is 3.82. The fourth-order valence-corrected chi connectivity index (χ4v) is 0.934. The fraction of sp³-hybridized carbons (Fsp3) is 0.571. The summed E-state index contributed by atoms with van der Waals surface area (Å²) < 4.78 is 6.22. The van der Waals surface area contributed by atoms with Gasteiger partial charge in [-0.2, -0.15) is 0 Å². The molecule has 0 amide bonds. The predicted molar refractivity (Wildman–Crippen MR) is 46.3 cm³/mol. The van der Waals surface area contributed by atoms with E-state index in [1.807, 2.05) is 0 Å². The number of rotatable bonds is 3. The summed E-state index contributed by atoms with van der Waals surface area (Å²) in [5.74, 6) is 0.883. The predicted octanol–water partition coefficient (Wildman–Crippen LogP) is -0.428. The molecule has 1 N–H and O–H groups in total. The van der Waals surface area contributed by atoms with Gasteiger partial charge in [-0.25, -0.2) is 0 Å². The molecule has 0 aromatic carbocycles. The highest BCUT2D eigenvalue weighted by Crippen LogP contribution is 2.04. The Morgan fingerprint density at radius 2 is 2.31 bits per heavy atom. The molecule has 1 heterocycles. The van der Waals surface area contributed by atoms with Crippen LogP contribution in [0.4, 0.5) is 5.95 Å². The summed E-state index contributed by atoms with van der Waals surface area (Å²) in [6.45, 7) is 0. The molecule has 0 bridgehead atoms. The number of ether oxygens (including phenoxy) is 1. The van der Waals surface area contributed by atoms with Gasteiger partial charge < -0.3 is 14.6 Å². The van der Waals surface area contributed by atoms with E-state index in [4.69, 9.17) is 0 Å². The van der Waals surface area contributed by atoms with Gasteiger partial charge in [-0.05, 0) is 0 Å². The van der Waals surface area contributed by atoms with Gasteiger partial charge in [0.25, 0.3) is 0 Å². The molecule has 13 heavy (non-hydrogen) atoms. The maximum absolute atomic E-state index is 10.9. The molecule has 0 saturated carbocycles. The third kappa shape index (κ3) is 1.95. The molecule has 0 unspecified atom stereocenters. The average molecular weight is 184 g/mol. The Morgan fingerprint density at radius 3 is 2.77 bits per heavy atom. The third-order valence-electron chi connectivity index (χ3n) is 1.72. The Labute approximate surface area is 75.9 Å². The van der Waals surface area contributed by atoms with Crippen molar-refractivity contribution in [2.45, 2.75) is 6.42 Å². The Morgan fingerprint density at radius 1 is 1.62 bits per heavy atom. The molecule has 0 aliphatic rings. The van der Waals surface area contributed by atoms with Gasteiger partial charge in [0, 0.05) is 14.1 Å². The summed E-state index contributed by atoms with van der Waals surface area (Å²) in [4.78, 5) is 10.9. The number of carbonyl (C=O) groups is 1. The quantitative estimate of drug-likeness (QED) is 0.646. The normalized spacial score (nSPS) is 9.77. The van der Waals surface area contributed by atoms with Crippen LogP contribution in [0, 0.1) is 0 Å². The van der Waals surface area contributed by atoms with Gasteiger partial charge in [0.2, 0.25) is 5.95 Å². The van der Waals surface area contributed by atoms with E-state index in [-0.39, 0.29) is 12.4 Å². The lowest BCUT2D eigenvalue weighted by Crippen LogP contribution is -2.10. The minimum absolute atomic E-state index is 0.141. The molecule has 6 nitrogen and oxygen atoms in total. The Bertz CT molecular complexity index is 307. The van der Waals surface area contributed by atoms with Crippen LogP contribution in [0.25, 0.3) is 0 Å². The summed E-state index contributed by atoms with van der Waals surface area (Å²) >= 11 is 0. The highest BCUT2D eigenvalue weighted by molar-refractivity contribution is 5.71. The average Bonchev–Trinajstić information content (AvgIpc) is 2.48. The highest BCUT2D eigenvalue weighted by Gasteiger charge is 2.11. The second-order valence-corrected chi connectivity index (χ2v) is 2.50. The molecule has 0 aliphatic carbocycles. The summed E-state index contributed by atoms with van der Waals surface area (Å²) in [5, 5.41) is 10.5. The zero-order valence-electron chi connectivity index (χ0n) is 7.87. The Hall–Kier alpha value is -1.59. The molecular weight excluding hydrogens is 172 g/mol. The van der Waals surface area contributed by atoms with Crippen molar-refractivity contribution in [1.29, 1.82) is 0 Å². The second kappa shape index (κ2) is 3.88. The van der Waals surface area contributed by atoms with Crippen molar-refractivity contribution >= 4 is 11.9 Å². The molecule has 6 heteroatoms. The molecule has 0 aliphatic heterocycles. The highest BCUT2D eigenvalue weighted by atomic mass is 16.5. The molecule has 1 aromatic heterocycles. The number of hydrogen-bond donors (Lipinski definition) is 1. The lowest BCUT2D eigenvalue weighted by atomic mass is 10.4. The van der Waals surface area contributed by atoms with E-state index in [0.717, 1.165) is 0 Å². The molecule has 72 valence electrons. The SMILES string of the molecule is CNc1nnc(CC(=O)OC)n1C. The van der Waals surface area contributed by atoms with E-state index < -0.39 is 0 Å². The van der Waals surface area contributed by atoms with Crippen LogP contribution >= 0.6 is 0 Å².